The van der Waals surface area contributed by atoms with Gasteiger partial charge >= 0.3 is 0 Å². The fraction of sp³-hybridized carbons (Fsp3) is 0.500. The molecule has 0 saturated heterocycles. The van der Waals surface area contributed by atoms with Gasteiger partial charge in [-0.05, 0) is 56.7 Å². The molecule has 1 aliphatic carbocycles. The molecule has 1 fully saturated rings. The van der Waals surface area contributed by atoms with Gasteiger partial charge in [0, 0.05) is 15.1 Å². The molecule has 112 valence electrons. The summed E-state index contributed by atoms with van der Waals surface area (Å²) in [5.74, 6) is 1.41. The highest BCUT2D eigenvalue weighted by Crippen LogP contribution is 2.33. The molecular formula is C14H16Br2N4O. The number of hydrogen-bond donors (Lipinski definition) is 1. The first kappa shape index (κ1) is 15.1. The van der Waals surface area contributed by atoms with E-state index in [1.165, 1.54) is 19.3 Å². The van der Waals surface area contributed by atoms with E-state index in [0.717, 1.165) is 21.8 Å². The first-order valence-electron chi connectivity index (χ1n) is 7.06. The first-order valence-corrected chi connectivity index (χ1v) is 8.64. The molecule has 5 nitrogen and oxygen atoms in total. The lowest BCUT2D eigenvalue weighted by atomic mass is 9.84. The molecule has 1 unspecified atom stereocenters. The monoisotopic (exact) mass is 414 g/mol. The second-order valence-corrected chi connectivity index (χ2v) is 7.13. The van der Waals surface area contributed by atoms with Crippen LogP contribution in [0.3, 0.4) is 0 Å². The van der Waals surface area contributed by atoms with Crippen molar-refractivity contribution in [1.82, 2.24) is 15.1 Å². The molecule has 3 rings (SSSR count). The van der Waals surface area contributed by atoms with Crippen LogP contribution in [-0.2, 0) is 0 Å². The van der Waals surface area contributed by atoms with Gasteiger partial charge in [0.1, 0.15) is 5.69 Å². The highest BCUT2D eigenvalue weighted by molar-refractivity contribution is 9.11. The molecule has 1 aliphatic rings. The number of aromatic nitrogens is 3. The Morgan fingerprint density at radius 1 is 1.24 bits per heavy atom. The van der Waals surface area contributed by atoms with E-state index in [1.807, 2.05) is 6.07 Å². The second-order valence-electron chi connectivity index (χ2n) is 5.36. The van der Waals surface area contributed by atoms with Crippen molar-refractivity contribution in [3.63, 3.8) is 0 Å². The molecular weight excluding hydrogens is 400 g/mol. The minimum absolute atomic E-state index is 0.180. The molecule has 0 spiro atoms. The van der Waals surface area contributed by atoms with Gasteiger partial charge in [0.05, 0.1) is 6.04 Å². The maximum absolute atomic E-state index is 6.29. The zero-order valence-corrected chi connectivity index (χ0v) is 14.6. The summed E-state index contributed by atoms with van der Waals surface area (Å²) in [7, 11) is 0. The number of pyridine rings is 1. The largest absolute Gasteiger partial charge is 0.337 e. The first-order chi connectivity index (χ1) is 10.1. The topological polar surface area (TPSA) is 77.8 Å². The zero-order valence-electron chi connectivity index (χ0n) is 11.4. The molecule has 0 aromatic carbocycles. The van der Waals surface area contributed by atoms with Crippen molar-refractivity contribution in [3.05, 3.63) is 27.1 Å². The fourth-order valence-electron chi connectivity index (χ4n) is 2.74. The normalized spacial score (nSPS) is 17.9. The Bertz CT molecular complexity index is 625. The van der Waals surface area contributed by atoms with Gasteiger partial charge in [0.2, 0.25) is 11.7 Å². The van der Waals surface area contributed by atoms with Crippen LogP contribution in [0.5, 0.6) is 0 Å². The van der Waals surface area contributed by atoms with Crippen LogP contribution in [0.4, 0.5) is 0 Å². The lowest BCUT2D eigenvalue weighted by Gasteiger charge is -2.24. The quantitative estimate of drug-likeness (QED) is 0.810. The van der Waals surface area contributed by atoms with Crippen molar-refractivity contribution >= 4 is 31.9 Å². The average molecular weight is 416 g/mol. The van der Waals surface area contributed by atoms with Crippen molar-refractivity contribution in [2.24, 2.45) is 11.7 Å². The summed E-state index contributed by atoms with van der Waals surface area (Å²) in [4.78, 5) is 8.75. The summed E-state index contributed by atoms with van der Waals surface area (Å²) < 4.78 is 7.07. The van der Waals surface area contributed by atoms with E-state index in [9.17, 15) is 0 Å². The Labute approximate surface area is 140 Å². The zero-order chi connectivity index (χ0) is 14.8. The lowest BCUT2D eigenvalue weighted by molar-refractivity contribution is 0.255. The van der Waals surface area contributed by atoms with E-state index in [1.54, 1.807) is 6.20 Å². The van der Waals surface area contributed by atoms with Crippen LogP contribution in [-0.4, -0.2) is 15.1 Å². The van der Waals surface area contributed by atoms with Gasteiger partial charge in [0.15, 0.2) is 0 Å². The standard InChI is InChI=1S/C14H16Br2N4O/c15-9-6-10(16)12(18-7-9)13-19-14(21-20-13)11(17)8-4-2-1-3-5-8/h6-8,11H,1-5,17H2. The number of halogens is 2. The van der Waals surface area contributed by atoms with Crippen LogP contribution in [0.1, 0.15) is 44.0 Å². The predicted octanol–water partition coefficient (Wildman–Crippen LogP) is 4.24. The molecule has 2 aromatic heterocycles. The summed E-state index contributed by atoms with van der Waals surface area (Å²) >= 11 is 6.83. The highest BCUT2D eigenvalue weighted by Gasteiger charge is 2.27. The molecule has 2 N–H and O–H groups in total. The Balaban J connectivity index is 1.82. The van der Waals surface area contributed by atoms with Crippen LogP contribution in [0, 0.1) is 5.92 Å². The summed E-state index contributed by atoms with van der Waals surface area (Å²) in [6, 6.07) is 1.72. The molecule has 0 radical (unpaired) electrons. The Hall–Kier alpha value is -0.790. The van der Waals surface area contributed by atoms with Crippen LogP contribution in [0.2, 0.25) is 0 Å². The second kappa shape index (κ2) is 6.54. The van der Waals surface area contributed by atoms with Crippen LogP contribution in [0.15, 0.2) is 25.7 Å². The lowest BCUT2D eigenvalue weighted by Crippen LogP contribution is -2.23. The predicted molar refractivity (Wildman–Crippen MR) is 86.4 cm³/mol. The van der Waals surface area contributed by atoms with Crippen molar-refractivity contribution < 1.29 is 4.52 Å². The minimum atomic E-state index is -0.180. The van der Waals surface area contributed by atoms with Crippen LogP contribution in [0.25, 0.3) is 11.5 Å². The third-order valence-corrected chi connectivity index (χ3v) is 4.94. The third-order valence-electron chi connectivity index (χ3n) is 3.90. The van der Waals surface area contributed by atoms with E-state index in [-0.39, 0.29) is 6.04 Å². The molecule has 2 heterocycles. The van der Waals surface area contributed by atoms with Crippen molar-refractivity contribution in [2.75, 3.05) is 0 Å². The van der Waals surface area contributed by atoms with Crippen molar-refractivity contribution in [3.8, 4) is 11.5 Å². The maximum Gasteiger partial charge on any atom is 0.244 e. The van der Waals surface area contributed by atoms with Gasteiger partial charge < -0.3 is 10.3 Å². The molecule has 0 aliphatic heterocycles. The minimum Gasteiger partial charge on any atom is -0.337 e. The van der Waals surface area contributed by atoms with E-state index in [4.69, 9.17) is 10.3 Å². The Morgan fingerprint density at radius 3 is 2.71 bits per heavy atom. The number of nitrogens with zero attached hydrogens (tertiary/aromatic N) is 3. The van der Waals surface area contributed by atoms with Gasteiger partial charge in [-0.25, -0.2) is 0 Å². The van der Waals surface area contributed by atoms with E-state index < -0.39 is 0 Å². The number of rotatable bonds is 3. The van der Waals surface area contributed by atoms with Gasteiger partial charge in [0.25, 0.3) is 0 Å². The van der Waals surface area contributed by atoms with E-state index in [2.05, 4.69) is 47.0 Å². The highest BCUT2D eigenvalue weighted by atomic mass is 79.9. The van der Waals surface area contributed by atoms with Gasteiger partial charge in [-0.15, -0.1) is 0 Å². The maximum atomic E-state index is 6.29. The molecule has 0 bridgehead atoms. The van der Waals surface area contributed by atoms with Crippen LogP contribution < -0.4 is 5.73 Å². The molecule has 1 saturated carbocycles. The SMILES string of the molecule is NC(c1nc(-c2ncc(Br)cc2Br)no1)C1CCCCC1. The molecule has 21 heavy (non-hydrogen) atoms. The van der Waals surface area contributed by atoms with Crippen molar-refractivity contribution in [2.45, 2.75) is 38.1 Å². The summed E-state index contributed by atoms with van der Waals surface area (Å²) in [5, 5.41) is 4.02. The van der Waals surface area contributed by atoms with Crippen molar-refractivity contribution in [1.29, 1.82) is 0 Å². The number of nitrogens with two attached hydrogens (primary N) is 1. The van der Waals surface area contributed by atoms with Gasteiger partial charge in [-0.2, -0.15) is 4.98 Å². The van der Waals surface area contributed by atoms with Crippen LogP contribution >= 0.6 is 31.9 Å². The Kier molecular flexibility index (Phi) is 4.71. The molecule has 7 heteroatoms. The summed E-state index contributed by atoms with van der Waals surface area (Å²) in [6.07, 6.45) is 7.75. The number of hydrogen-bond acceptors (Lipinski definition) is 5. The molecule has 0 amide bonds. The fourth-order valence-corrected chi connectivity index (χ4v) is 3.91. The Morgan fingerprint density at radius 2 is 2.00 bits per heavy atom. The van der Waals surface area contributed by atoms with E-state index >= 15 is 0 Å². The van der Waals surface area contributed by atoms with Gasteiger partial charge in [-0.3, -0.25) is 4.98 Å². The average Bonchev–Trinajstić information content (AvgIpc) is 2.97. The van der Waals surface area contributed by atoms with Gasteiger partial charge in [-0.1, -0.05) is 24.4 Å². The molecule has 1 atom stereocenters. The summed E-state index contributed by atoms with van der Waals surface area (Å²) in [6.45, 7) is 0. The third kappa shape index (κ3) is 3.35. The van der Waals surface area contributed by atoms with E-state index in [0.29, 0.717) is 23.3 Å². The molecule has 2 aromatic rings. The smallest absolute Gasteiger partial charge is 0.244 e. The summed E-state index contributed by atoms with van der Waals surface area (Å²) in [5.41, 5.74) is 6.94.